The highest BCUT2D eigenvalue weighted by Gasteiger charge is 2.27. The van der Waals surface area contributed by atoms with Crippen molar-refractivity contribution in [1.82, 2.24) is 4.72 Å². The zero-order valence-corrected chi connectivity index (χ0v) is 10.8. The second-order valence-corrected chi connectivity index (χ2v) is 7.29. The van der Waals surface area contributed by atoms with Gasteiger partial charge in [-0.25, -0.2) is 13.1 Å². The number of thiophene rings is 1. The van der Waals surface area contributed by atoms with Gasteiger partial charge in [0.1, 0.15) is 4.21 Å². The standard InChI is InChI=1S/C10H16N2O2S2/c1-7-2-3-9(4-7)12-16(13,14)10-5-8(11)6-15-10/h5-7,9,12H,2-4,11H2,1H3. The molecule has 1 aliphatic rings. The van der Waals surface area contributed by atoms with Crippen LogP contribution in [0.1, 0.15) is 26.2 Å². The number of sulfonamides is 1. The molecule has 0 aliphatic heterocycles. The second kappa shape index (κ2) is 4.35. The van der Waals surface area contributed by atoms with Crippen LogP contribution in [-0.4, -0.2) is 14.5 Å². The number of nitrogens with two attached hydrogens (primary N) is 1. The first-order chi connectivity index (χ1) is 7.47. The van der Waals surface area contributed by atoms with Crippen LogP contribution in [0.5, 0.6) is 0 Å². The van der Waals surface area contributed by atoms with E-state index in [9.17, 15) is 8.42 Å². The lowest BCUT2D eigenvalue weighted by Gasteiger charge is -2.11. The lowest BCUT2D eigenvalue weighted by atomic mass is 10.1. The van der Waals surface area contributed by atoms with Crippen LogP contribution < -0.4 is 10.5 Å². The van der Waals surface area contributed by atoms with Crippen molar-refractivity contribution >= 4 is 27.0 Å². The van der Waals surface area contributed by atoms with Crippen LogP contribution in [0.2, 0.25) is 0 Å². The van der Waals surface area contributed by atoms with Gasteiger partial charge in [-0.1, -0.05) is 6.92 Å². The van der Waals surface area contributed by atoms with Crippen molar-refractivity contribution in [2.45, 2.75) is 36.4 Å². The van der Waals surface area contributed by atoms with E-state index in [0.29, 0.717) is 15.8 Å². The summed E-state index contributed by atoms with van der Waals surface area (Å²) in [5.74, 6) is 0.612. The van der Waals surface area contributed by atoms with Gasteiger partial charge in [-0.15, -0.1) is 11.3 Å². The average Bonchev–Trinajstić information content (AvgIpc) is 2.75. The molecule has 1 aromatic heterocycles. The van der Waals surface area contributed by atoms with E-state index >= 15 is 0 Å². The molecule has 0 saturated heterocycles. The molecule has 1 aromatic rings. The van der Waals surface area contributed by atoms with Gasteiger partial charge in [0.15, 0.2) is 0 Å². The summed E-state index contributed by atoms with van der Waals surface area (Å²) in [6, 6.07) is 1.59. The Morgan fingerprint density at radius 3 is 2.75 bits per heavy atom. The van der Waals surface area contributed by atoms with Gasteiger partial charge in [-0.3, -0.25) is 0 Å². The van der Waals surface area contributed by atoms with Crippen molar-refractivity contribution < 1.29 is 8.42 Å². The maximum atomic E-state index is 12.0. The third-order valence-electron chi connectivity index (χ3n) is 2.88. The minimum atomic E-state index is -3.36. The number of rotatable bonds is 3. The van der Waals surface area contributed by atoms with Crippen LogP contribution in [-0.2, 0) is 10.0 Å². The molecule has 3 N–H and O–H groups in total. The Bertz CT molecular complexity index is 467. The fourth-order valence-electron chi connectivity index (χ4n) is 2.06. The van der Waals surface area contributed by atoms with Crippen molar-refractivity contribution in [1.29, 1.82) is 0 Å². The Hall–Kier alpha value is -0.590. The molecule has 1 heterocycles. The predicted molar refractivity (Wildman–Crippen MR) is 65.9 cm³/mol. The highest BCUT2D eigenvalue weighted by molar-refractivity contribution is 7.91. The number of hydrogen-bond acceptors (Lipinski definition) is 4. The number of anilines is 1. The van der Waals surface area contributed by atoms with Crippen LogP contribution >= 0.6 is 11.3 Å². The quantitative estimate of drug-likeness (QED) is 0.870. The Kier molecular flexibility index (Phi) is 3.23. The highest BCUT2D eigenvalue weighted by Crippen LogP contribution is 2.27. The van der Waals surface area contributed by atoms with Gasteiger partial charge >= 0.3 is 0 Å². The zero-order chi connectivity index (χ0) is 11.8. The maximum Gasteiger partial charge on any atom is 0.250 e. The molecule has 90 valence electrons. The molecule has 6 heteroatoms. The van der Waals surface area contributed by atoms with E-state index in [-0.39, 0.29) is 6.04 Å². The molecular weight excluding hydrogens is 244 g/mol. The molecular formula is C10H16N2O2S2. The summed E-state index contributed by atoms with van der Waals surface area (Å²) in [6.45, 7) is 2.15. The molecule has 16 heavy (non-hydrogen) atoms. The topological polar surface area (TPSA) is 72.2 Å². The fraction of sp³-hybridized carbons (Fsp3) is 0.600. The monoisotopic (exact) mass is 260 g/mol. The molecule has 2 atom stereocenters. The average molecular weight is 260 g/mol. The summed E-state index contributed by atoms with van der Waals surface area (Å²) in [7, 11) is -3.36. The minimum Gasteiger partial charge on any atom is -0.398 e. The molecule has 2 unspecified atom stereocenters. The molecule has 0 aromatic carbocycles. The van der Waals surface area contributed by atoms with Gasteiger partial charge < -0.3 is 5.73 Å². The van der Waals surface area contributed by atoms with Gasteiger partial charge in [-0.2, -0.15) is 0 Å². The van der Waals surface area contributed by atoms with Crippen molar-refractivity contribution in [3.8, 4) is 0 Å². The van der Waals surface area contributed by atoms with E-state index in [1.807, 2.05) is 0 Å². The van der Waals surface area contributed by atoms with E-state index < -0.39 is 10.0 Å². The molecule has 1 aliphatic carbocycles. The van der Waals surface area contributed by atoms with Crippen LogP contribution in [0.15, 0.2) is 15.7 Å². The third-order valence-corrected chi connectivity index (χ3v) is 5.86. The number of nitrogens with one attached hydrogen (secondary N) is 1. The van der Waals surface area contributed by atoms with E-state index in [1.165, 1.54) is 17.4 Å². The first-order valence-corrected chi connectivity index (χ1v) is 7.70. The summed E-state index contributed by atoms with van der Waals surface area (Å²) in [6.07, 6.45) is 2.96. The molecule has 0 radical (unpaired) electrons. The first kappa shape index (κ1) is 11.9. The Labute approximate surface area is 99.9 Å². The predicted octanol–water partition coefficient (Wildman–Crippen LogP) is 1.80. The first-order valence-electron chi connectivity index (χ1n) is 5.34. The molecule has 1 fully saturated rings. The highest BCUT2D eigenvalue weighted by atomic mass is 32.2. The van der Waals surface area contributed by atoms with E-state index in [2.05, 4.69) is 11.6 Å². The molecule has 2 rings (SSSR count). The van der Waals surface area contributed by atoms with E-state index in [0.717, 1.165) is 19.3 Å². The molecule has 4 nitrogen and oxygen atoms in total. The van der Waals surface area contributed by atoms with Crippen molar-refractivity contribution in [2.75, 3.05) is 5.73 Å². The van der Waals surface area contributed by atoms with Gasteiger partial charge in [0.2, 0.25) is 10.0 Å². The summed E-state index contributed by atoms with van der Waals surface area (Å²) < 4.78 is 27.0. The molecule has 0 amide bonds. The third kappa shape index (κ3) is 2.56. The van der Waals surface area contributed by atoms with Crippen molar-refractivity contribution in [3.63, 3.8) is 0 Å². The van der Waals surface area contributed by atoms with Crippen LogP contribution in [0.4, 0.5) is 5.69 Å². The smallest absolute Gasteiger partial charge is 0.250 e. The van der Waals surface area contributed by atoms with Crippen molar-refractivity contribution in [2.24, 2.45) is 5.92 Å². The minimum absolute atomic E-state index is 0.0864. The Morgan fingerprint density at radius 1 is 1.50 bits per heavy atom. The summed E-state index contributed by atoms with van der Waals surface area (Å²) in [4.78, 5) is 0. The molecule has 0 bridgehead atoms. The van der Waals surface area contributed by atoms with Crippen LogP contribution in [0, 0.1) is 5.92 Å². The molecule has 1 saturated carbocycles. The SMILES string of the molecule is CC1CCC(NS(=O)(=O)c2cc(N)cs2)C1. The van der Waals surface area contributed by atoms with Crippen molar-refractivity contribution in [3.05, 3.63) is 11.4 Å². The van der Waals surface area contributed by atoms with Gasteiger partial charge in [0.05, 0.1) is 0 Å². The van der Waals surface area contributed by atoms with Crippen LogP contribution in [0.25, 0.3) is 0 Å². The van der Waals surface area contributed by atoms with E-state index in [1.54, 1.807) is 5.38 Å². The Morgan fingerprint density at radius 2 is 2.25 bits per heavy atom. The van der Waals surface area contributed by atoms with E-state index in [4.69, 9.17) is 5.73 Å². The van der Waals surface area contributed by atoms with Gasteiger partial charge in [0.25, 0.3) is 0 Å². The second-order valence-electron chi connectivity index (χ2n) is 4.44. The maximum absolute atomic E-state index is 12.0. The lowest BCUT2D eigenvalue weighted by molar-refractivity contribution is 0.540. The summed E-state index contributed by atoms with van der Waals surface area (Å²) in [5.41, 5.74) is 6.03. The van der Waals surface area contributed by atoms with Crippen LogP contribution in [0.3, 0.4) is 0 Å². The molecule has 0 spiro atoms. The number of hydrogen-bond donors (Lipinski definition) is 2. The largest absolute Gasteiger partial charge is 0.398 e. The summed E-state index contributed by atoms with van der Waals surface area (Å²) >= 11 is 1.17. The fourth-order valence-corrected chi connectivity index (χ4v) is 4.44. The van der Waals surface area contributed by atoms with Gasteiger partial charge in [0, 0.05) is 17.1 Å². The van der Waals surface area contributed by atoms with Gasteiger partial charge in [-0.05, 0) is 31.2 Å². The lowest BCUT2D eigenvalue weighted by Crippen LogP contribution is -2.32. The number of nitrogen functional groups attached to an aromatic ring is 1. The normalized spacial score (nSPS) is 26.1. The zero-order valence-electron chi connectivity index (χ0n) is 9.14. The Balaban J connectivity index is 2.09. The summed E-state index contributed by atoms with van der Waals surface area (Å²) in [5, 5.41) is 1.64.